The van der Waals surface area contributed by atoms with Gasteiger partial charge in [-0.15, -0.1) is 11.1 Å². The molecule has 0 nitrogen and oxygen atoms in total. The molecule has 0 unspecified atom stereocenters. The van der Waals surface area contributed by atoms with Crippen LogP contribution in [0.2, 0.25) is 0 Å². The number of halogens is 2. The van der Waals surface area contributed by atoms with Crippen molar-refractivity contribution in [2.45, 2.75) is 26.7 Å². The molecule has 0 amide bonds. The fourth-order valence-electron chi connectivity index (χ4n) is 0.744. The Hall–Kier alpha value is 0.0631. The summed E-state index contributed by atoms with van der Waals surface area (Å²) in [6, 6.07) is 0. The standard InChI is InChI=1S/2C6H5.2ClH.Zr/c2*1-6-4-2-3-5-6;;;/h2*4H2,1H3;2*1H;/q2*-1;;;+4/p-2. The van der Waals surface area contributed by atoms with E-state index in [2.05, 4.69) is 35.1 Å². The third-order valence-electron chi connectivity index (χ3n) is 1.44. The summed E-state index contributed by atoms with van der Waals surface area (Å²) in [5, 5.41) is 0. The Morgan fingerprint density at radius 1 is 0.867 bits per heavy atom. The summed E-state index contributed by atoms with van der Waals surface area (Å²) in [5.74, 6) is 0. The molecule has 0 bridgehead atoms. The second kappa shape index (κ2) is 12.1. The second-order valence-electron chi connectivity index (χ2n) is 2.77. The topological polar surface area (TPSA) is 0 Å². The van der Waals surface area contributed by atoms with E-state index in [0.29, 0.717) is 0 Å². The van der Waals surface area contributed by atoms with Crippen molar-refractivity contribution in [3.05, 3.63) is 46.2 Å². The quantitative estimate of drug-likeness (QED) is 0.328. The molecule has 76 valence electrons. The summed E-state index contributed by atoms with van der Waals surface area (Å²) in [6.45, 7) is 4.04. The van der Waals surface area contributed by atoms with Crippen LogP contribution in [-0.2, 0) is 26.2 Å². The van der Waals surface area contributed by atoms with Crippen LogP contribution >= 0.6 is 0 Å². The molecule has 2 aliphatic carbocycles. The number of hydrogen-bond donors (Lipinski definition) is 0. The zero-order valence-corrected chi connectivity index (χ0v) is 12.6. The molecule has 0 aliphatic heterocycles. The van der Waals surface area contributed by atoms with Gasteiger partial charge in [0.05, 0.1) is 0 Å². The van der Waals surface area contributed by atoms with Crippen LogP contribution in [0.4, 0.5) is 0 Å². The molecule has 0 N–H and O–H groups in total. The molecule has 0 saturated heterocycles. The molecule has 0 aromatic carbocycles. The van der Waals surface area contributed by atoms with Crippen molar-refractivity contribution in [2.75, 3.05) is 0 Å². The number of rotatable bonds is 0. The van der Waals surface area contributed by atoms with E-state index in [1.54, 1.807) is 0 Å². The van der Waals surface area contributed by atoms with Crippen molar-refractivity contribution < 1.29 is 51.0 Å². The minimum absolute atomic E-state index is 0. The molecule has 0 spiro atoms. The maximum absolute atomic E-state index is 2.88. The third-order valence-corrected chi connectivity index (χ3v) is 1.44. The third kappa shape index (κ3) is 10.3. The zero-order chi connectivity index (χ0) is 8.81. The van der Waals surface area contributed by atoms with Gasteiger partial charge in [-0.05, 0) is 0 Å². The molecule has 0 radical (unpaired) electrons. The molecule has 0 aromatic heterocycles. The molecule has 2 aliphatic rings. The van der Waals surface area contributed by atoms with Gasteiger partial charge in [0.25, 0.3) is 0 Å². The van der Waals surface area contributed by atoms with Crippen LogP contribution in [-0.4, -0.2) is 0 Å². The maximum Gasteiger partial charge on any atom is 4.00 e. The van der Waals surface area contributed by atoms with Crippen LogP contribution in [0, 0.1) is 12.2 Å². The molecule has 0 aromatic rings. The van der Waals surface area contributed by atoms with Gasteiger partial charge in [-0.1, -0.05) is 26.7 Å². The first-order chi connectivity index (χ1) is 5.79. The van der Waals surface area contributed by atoms with E-state index < -0.39 is 0 Å². The van der Waals surface area contributed by atoms with Gasteiger partial charge in [0, 0.05) is 0 Å². The molecule has 0 fully saturated rings. The van der Waals surface area contributed by atoms with E-state index in [0.717, 1.165) is 12.8 Å². The fourth-order valence-corrected chi connectivity index (χ4v) is 0.744. The van der Waals surface area contributed by atoms with Crippen LogP contribution in [0.1, 0.15) is 26.7 Å². The predicted molar refractivity (Wildman–Crippen MR) is 48.1 cm³/mol. The molecule has 0 heterocycles. The van der Waals surface area contributed by atoms with E-state index in [4.69, 9.17) is 0 Å². The summed E-state index contributed by atoms with van der Waals surface area (Å²) in [6.07, 6.45) is 7.61. The van der Waals surface area contributed by atoms with Crippen LogP contribution in [0.25, 0.3) is 0 Å². The van der Waals surface area contributed by atoms with Gasteiger partial charge < -0.3 is 47.7 Å². The first kappa shape index (κ1) is 20.5. The first-order valence-electron chi connectivity index (χ1n) is 3.91. The number of allylic oxidation sites excluding steroid dienone is 4. The van der Waals surface area contributed by atoms with Gasteiger partial charge in [-0.3, -0.25) is 0 Å². The van der Waals surface area contributed by atoms with E-state index in [1.165, 1.54) is 11.1 Å². The minimum Gasteiger partial charge on any atom is -1.00 e. The zero-order valence-electron chi connectivity index (χ0n) is 8.67. The smallest absolute Gasteiger partial charge is 1.00 e. The van der Waals surface area contributed by atoms with Crippen molar-refractivity contribution in [1.82, 2.24) is 0 Å². The van der Waals surface area contributed by atoms with Gasteiger partial charge >= 0.3 is 26.2 Å². The Balaban J connectivity index is -0.000000160. The first-order valence-corrected chi connectivity index (χ1v) is 3.91. The Bertz CT molecular complexity index is 330. The van der Waals surface area contributed by atoms with Gasteiger partial charge in [-0.2, -0.15) is 0 Å². The van der Waals surface area contributed by atoms with Crippen molar-refractivity contribution in [1.29, 1.82) is 0 Å². The molecule has 15 heavy (non-hydrogen) atoms. The maximum atomic E-state index is 2.88. The van der Waals surface area contributed by atoms with Crippen molar-refractivity contribution in [3.8, 4) is 0 Å². The molecular weight excluding hydrogens is 306 g/mol. The fraction of sp³-hybridized carbons (Fsp3) is 0.333. The van der Waals surface area contributed by atoms with E-state index in [-0.39, 0.29) is 51.0 Å². The normalized spacial score (nSPS) is 12.7. The summed E-state index contributed by atoms with van der Waals surface area (Å²) in [5.41, 5.74) is 13.7. The Kier molecular flexibility index (Phi) is 16.6. The van der Waals surface area contributed by atoms with Crippen LogP contribution in [0.5, 0.6) is 0 Å². The van der Waals surface area contributed by atoms with Crippen LogP contribution < -0.4 is 24.8 Å². The van der Waals surface area contributed by atoms with Crippen LogP contribution in [0.3, 0.4) is 0 Å². The summed E-state index contributed by atoms with van der Waals surface area (Å²) in [7, 11) is 0. The molecule has 0 saturated carbocycles. The van der Waals surface area contributed by atoms with Gasteiger partial charge in [0.1, 0.15) is 0 Å². The summed E-state index contributed by atoms with van der Waals surface area (Å²) in [4.78, 5) is 0. The van der Waals surface area contributed by atoms with Gasteiger partial charge in [0.15, 0.2) is 0 Å². The summed E-state index contributed by atoms with van der Waals surface area (Å²) < 4.78 is 0. The van der Waals surface area contributed by atoms with E-state index >= 15 is 0 Å². The summed E-state index contributed by atoms with van der Waals surface area (Å²) >= 11 is 0. The molecule has 0 atom stereocenters. The predicted octanol–water partition coefficient (Wildman–Crippen LogP) is -3.09. The van der Waals surface area contributed by atoms with E-state index in [9.17, 15) is 0 Å². The molecular formula is C12H10Cl2Zr. The second-order valence-corrected chi connectivity index (χ2v) is 2.77. The van der Waals surface area contributed by atoms with Crippen molar-refractivity contribution >= 4 is 0 Å². The van der Waals surface area contributed by atoms with Gasteiger partial charge in [-0.25, -0.2) is 12.2 Å². The average molecular weight is 316 g/mol. The van der Waals surface area contributed by atoms with Crippen LogP contribution in [0.15, 0.2) is 34.1 Å². The van der Waals surface area contributed by atoms with Gasteiger partial charge in [0.2, 0.25) is 0 Å². The average Bonchev–Trinajstić information content (AvgIpc) is 2.63. The van der Waals surface area contributed by atoms with Crippen molar-refractivity contribution in [2.24, 2.45) is 0 Å². The Labute approximate surface area is 123 Å². The largest absolute Gasteiger partial charge is 4.00 e. The monoisotopic (exact) mass is 314 g/mol. The molecule has 3 heteroatoms. The number of hydrogen-bond acceptors (Lipinski definition) is 0. The van der Waals surface area contributed by atoms with E-state index in [1.807, 2.05) is 13.8 Å². The van der Waals surface area contributed by atoms with Crippen molar-refractivity contribution in [3.63, 3.8) is 0 Å². The Morgan fingerprint density at radius 2 is 1.20 bits per heavy atom. The minimum atomic E-state index is 0. The SMILES string of the molecule is CC1=C=C=[C-]C1.CC1=C=C=[C-]C1.[Cl-].[Cl-].[Zr+4]. The Morgan fingerprint density at radius 3 is 1.27 bits per heavy atom. The molecule has 2 rings (SSSR count).